The molecule has 0 aliphatic carbocycles. The van der Waals surface area contributed by atoms with E-state index in [4.69, 9.17) is 4.74 Å². The highest BCUT2D eigenvalue weighted by Crippen LogP contribution is 2.32. The molecular formula is C26H29N3O3. The number of para-hydroxylation sites is 2. The first kappa shape index (κ1) is 22.9. The molecule has 3 aromatic carbocycles. The Morgan fingerprint density at radius 2 is 1.47 bits per heavy atom. The van der Waals surface area contributed by atoms with Gasteiger partial charge in [0.2, 0.25) is 0 Å². The van der Waals surface area contributed by atoms with Crippen molar-refractivity contribution >= 4 is 17.8 Å². The lowest BCUT2D eigenvalue weighted by Crippen LogP contribution is -2.29. The van der Waals surface area contributed by atoms with E-state index in [2.05, 4.69) is 29.8 Å². The number of rotatable bonds is 8. The minimum Gasteiger partial charge on any atom is -0.410 e. The van der Waals surface area contributed by atoms with E-state index in [9.17, 15) is 9.59 Å². The molecule has 3 amide bonds. The Kier molecular flexibility index (Phi) is 8.26. The summed E-state index contributed by atoms with van der Waals surface area (Å²) < 4.78 is 5.59. The second-order valence-electron chi connectivity index (χ2n) is 7.83. The smallest absolute Gasteiger partial charge is 0.410 e. The molecule has 3 N–H and O–H groups in total. The summed E-state index contributed by atoms with van der Waals surface area (Å²) in [7, 11) is 0. The topological polar surface area (TPSA) is 79.5 Å². The van der Waals surface area contributed by atoms with Crippen molar-refractivity contribution in [3.8, 4) is 16.9 Å². The first-order valence-corrected chi connectivity index (χ1v) is 10.8. The molecule has 6 nitrogen and oxygen atoms in total. The number of hydrogen-bond donors (Lipinski definition) is 3. The van der Waals surface area contributed by atoms with E-state index >= 15 is 0 Å². The zero-order valence-electron chi connectivity index (χ0n) is 18.4. The van der Waals surface area contributed by atoms with Gasteiger partial charge in [-0.2, -0.15) is 0 Å². The van der Waals surface area contributed by atoms with Crippen LogP contribution < -0.4 is 20.7 Å². The fraction of sp³-hybridized carbons (Fsp3) is 0.231. The van der Waals surface area contributed by atoms with Gasteiger partial charge in [-0.25, -0.2) is 9.59 Å². The fourth-order valence-electron chi connectivity index (χ4n) is 3.19. The standard InChI is InChI=1S/C26H29N3O3/c1-19(2)16-17-27-26(31)32-24-15-9-8-14-23(24)22-13-7-6-10-20(22)18-28-25(30)29-21-11-4-3-5-12-21/h3-15,19H,16-18H2,1-2H3,(H,27,31)(H2,28,29,30). The molecule has 0 atom stereocenters. The van der Waals surface area contributed by atoms with Crippen LogP contribution in [0.3, 0.4) is 0 Å². The van der Waals surface area contributed by atoms with Gasteiger partial charge >= 0.3 is 12.1 Å². The summed E-state index contributed by atoms with van der Waals surface area (Å²) in [5.41, 5.74) is 3.30. The monoisotopic (exact) mass is 431 g/mol. The van der Waals surface area contributed by atoms with Crippen LogP contribution in [0.1, 0.15) is 25.8 Å². The Morgan fingerprint density at radius 1 is 0.812 bits per heavy atom. The highest BCUT2D eigenvalue weighted by atomic mass is 16.6. The van der Waals surface area contributed by atoms with E-state index in [1.807, 2.05) is 72.8 Å². The molecular weight excluding hydrogens is 402 g/mol. The summed E-state index contributed by atoms with van der Waals surface area (Å²) in [5, 5.41) is 8.49. The number of benzene rings is 3. The number of hydrogen-bond acceptors (Lipinski definition) is 3. The van der Waals surface area contributed by atoms with Crippen molar-refractivity contribution in [1.82, 2.24) is 10.6 Å². The number of amides is 3. The molecule has 0 aliphatic heterocycles. The second-order valence-corrected chi connectivity index (χ2v) is 7.83. The Balaban J connectivity index is 1.69. The van der Waals surface area contributed by atoms with Gasteiger partial charge in [-0.3, -0.25) is 0 Å². The molecule has 166 valence electrons. The maximum Gasteiger partial charge on any atom is 0.412 e. The Morgan fingerprint density at radius 3 is 2.22 bits per heavy atom. The minimum absolute atomic E-state index is 0.292. The third kappa shape index (κ3) is 6.87. The normalized spacial score (nSPS) is 10.5. The van der Waals surface area contributed by atoms with Gasteiger partial charge < -0.3 is 20.7 Å². The van der Waals surface area contributed by atoms with Crippen molar-refractivity contribution in [3.63, 3.8) is 0 Å². The molecule has 0 bridgehead atoms. The van der Waals surface area contributed by atoms with Gasteiger partial charge in [0.1, 0.15) is 5.75 Å². The highest BCUT2D eigenvalue weighted by molar-refractivity contribution is 5.89. The molecule has 3 aromatic rings. The van der Waals surface area contributed by atoms with Gasteiger partial charge in [0.25, 0.3) is 0 Å². The van der Waals surface area contributed by atoms with Gasteiger partial charge in [-0.15, -0.1) is 0 Å². The maximum atomic E-state index is 12.3. The number of urea groups is 1. The Hall–Kier alpha value is -3.80. The van der Waals surface area contributed by atoms with Crippen molar-refractivity contribution in [3.05, 3.63) is 84.4 Å². The van der Waals surface area contributed by atoms with Gasteiger partial charge in [-0.05, 0) is 41.7 Å². The number of carbonyl (C=O) groups excluding carboxylic acids is 2. The van der Waals surface area contributed by atoms with Crippen LogP contribution >= 0.6 is 0 Å². The molecule has 0 unspecified atom stereocenters. The lowest BCUT2D eigenvalue weighted by Gasteiger charge is -2.15. The fourth-order valence-corrected chi connectivity index (χ4v) is 3.19. The van der Waals surface area contributed by atoms with Gasteiger partial charge in [0.05, 0.1) is 0 Å². The third-order valence-electron chi connectivity index (χ3n) is 4.86. The third-order valence-corrected chi connectivity index (χ3v) is 4.86. The molecule has 0 fully saturated rings. The maximum absolute atomic E-state index is 12.3. The number of nitrogens with one attached hydrogen (secondary N) is 3. The average molecular weight is 432 g/mol. The lowest BCUT2D eigenvalue weighted by molar-refractivity contribution is 0.200. The van der Waals surface area contributed by atoms with Gasteiger partial charge in [-0.1, -0.05) is 74.5 Å². The summed E-state index contributed by atoms with van der Waals surface area (Å²) in [6.07, 6.45) is 0.409. The van der Waals surface area contributed by atoms with Crippen molar-refractivity contribution in [2.75, 3.05) is 11.9 Å². The Bertz CT molecular complexity index is 1040. The zero-order chi connectivity index (χ0) is 22.8. The molecule has 6 heteroatoms. The summed E-state index contributed by atoms with van der Waals surface area (Å²) >= 11 is 0. The molecule has 0 spiro atoms. The second kappa shape index (κ2) is 11.6. The van der Waals surface area contributed by atoms with Crippen molar-refractivity contribution in [1.29, 1.82) is 0 Å². The van der Waals surface area contributed by atoms with Crippen LogP contribution in [0.2, 0.25) is 0 Å². The van der Waals surface area contributed by atoms with E-state index < -0.39 is 6.09 Å². The van der Waals surface area contributed by atoms with Crippen molar-refractivity contribution in [2.45, 2.75) is 26.8 Å². The average Bonchev–Trinajstić information content (AvgIpc) is 2.79. The van der Waals surface area contributed by atoms with Gasteiger partial charge in [0.15, 0.2) is 0 Å². The summed E-state index contributed by atoms with van der Waals surface area (Å²) in [6, 6.07) is 24.1. The van der Waals surface area contributed by atoms with Crippen LogP contribution in [0, 0.1) is 5.92 Å². The molecule has 0 radical (unpaired) electrons. The molecule has 0 saturated carbocycles. The first-order chi connectivity index (χ1) is 15.5. The summed E-state index contributed by atoms with van der Waals surface area (Å²) in [4.78, 5) is 24.5. The molecule has 0 aromatic heterocycles. The predicted molar refractivity (Wildman–Crippen MR) is 128 cm³/mol. The molecule has 3 rings (SSSR count). The van der Waals surface area contributed by atoms with Crippen LogP contribution in [0.25, 0.3) is 11.1 Å². The van der Waals surface area contributed by atoms with Crippen LogP contribution in [0.5, 0.6) is 5.75 Å². The van der Waals surface area contributed by atoms with Crippen LogP contribution in [0.15, 0.2) is 78.9 Å². The highest BCUT2D eigenvalue weighted by Gasteiger charge is 2.14. The zero-order valence-corrected chi connectivity index (χ0v) is 18.4. The van der Waals surface area contributed by atoms with E-state index in [0.717, 1.165) is 28.8 Å². The molecule has 0 heterocycles. The molecule has 0 aliphatic rings. The van der Waals surface area contributed by atoms with E-state index in [1.54, 1.807) is 6.07 Å². The van der Waals surface area contributed by atoms with Crippen molar-refractivity contribution in [2.24, 2.45) is 5.92 Å². The van der Waals surface area contributed by atoms with E-state index in [1.165, 1.54) is 0 Å². The molecule has 0 saturated heterocycles. The number of carbonyl (C=O) groups is 2. The van der Waals surface area contributed by atoms with Crippen LogP contribution in [-0.4, -0.2) is 18.7 Å². The number of anilines is 1. The van der Waals surface area contributed by atoms with E-state index in [-0.39, 0.29) is 6.03 Å². The predicted octanol–water partition coefficient (Wildman–Crippen LogP) is 5.81. The molecule has 32 heavy (non-hydrogen) atoms. The quantitative estimate of drug-likeness (QED) is 0.421. The minimum atomic E-state index is -0.476. The first-order valence-electron chi connectivity index (χ1n) is 10.8. The largest absolute Gasteiger partial charge is 0.412 e. The van der Waals surface area contributed by atoms with Crippen LogP contribution in [-0.2, 0) is 6.54 Å². The summed E-state index contributed by atoms with van der Waals surface area (Å²) in [5.74, 6) is 0.969. The van der Waals surface area contributed by atoms with Crippen molar-refractivity contribution < 1.29 is 14.3 Å². The Labute approximate surface area is 189 Å². The van der Waals surface area contributed by atoms with Gasteiger partial charge in [0, 0.05) is 24.3 Å². The van der Waals surface area contributed by atoms with Crippen LogP contribution in [0.4, 0.5) is 15.3 Å². The number of ether oxygens (including phenoxy) is 1. The van der Waals surface area contributed by atoms with E-state index in [0.29, 0.717) is 24.8 Å². The summed E-state index contributed by atoms with van der Waals surface area (Å²) in [6.45, 7) is 5.10. The SMILES string of the molecule is CC(C)CCNC(=O)Oc1ccccc1-c1ccccc1CNC(=O)Nc1ccccc1. The lowest BCUT2D eigenvalue weighted by atomic mass is 9.99.